The first kappa shape index (κ1) is 12.1. The molecule has 0 bridgehead atoms. The lowest BCUT2D eigenvalue weighted by atomic mass is 10.1. The number of ether oxygens (including phenoxy) is 1. The fourth-order valence-corrected chi connectivity index (χ4v) is 3.10. The van der Waals surface area contributed by atoms with E-state index in [0.717, 1.165) is 21.7 Å². The highest BCUT2D eigenvalue weighted by Gasteiger charge is 2.07. The van der Waals surface area contributed by atoms with Gasteiger partial charge in [-0.1, -0.05) is 30.3 Å². The smallest absolute Gasteiger partial charge is 0.122 e. The van der Waals surface area contributed by atoms with Crippen LogP contribution in [0.15, 0.2) is 47.8 Å². The molecule has 1 aromatic heterocycles. The normalized spacial score (nSPS) is 10.8. The summed E-state index contributed by atoms with van der Waals surface area (Å²) in [5, 5.41) is 3.32. The van der Waals surface area contributed by atoms with Crippen LogP contribution >= 0.6 is 11.3 Å². The number of aryl methyl sites for hydroxylation is 1. The minimum absolute atomic E-state index is 0.578. The Morgan fingerprint density at radius 1 is 1.11 bits per heavy atom. The van der Waals surface area contributed by atoms with Crippen molar-refractivity contribution < 1.29 is 4.74 Å². The van der Waals surface area contributed by atoms with Crippen LogP contribution in [0.25, 0.3) is 10.1 Å². The Bertz CT molecular complexity index is 718. The Balaban J connectivity index is 1.87. The molecule has 0 amide bonds. The lowest BCUT2D eigenvalue weighted by Crippen LogP contribution is -1.96. The molecule has 2 N–H and O–H groups in total. The van der Waals surface area contributed by atoms with Crippen LogP contribution in [-0.2, 0) is 6.61 Å². The summed E-state index contributed by atoms with van der Waals surface area (Å²) in [6.45, 7) is 2.63. The van der Waals surface area contributed by atoms with Gasteiger partial charge in [-0.2, -0.15) is 0 Å². The fraction of sp³-hybridized carbons (Fsp3) is 0.125. The summed E-state index contributed by atoms with van der Waals surface area (Å²) in [7, 11) is 0. The lowest BCUT2D eigenvalue weighted by molar-refractivity contribution is 0.306. The Morgan fingerprint density at radius 2 is 1.95 bits per heavy atom. The third-order valence-electron chi connectivity index (χ3n) is 3.19. The number of para-hydroxylation sites is 1. The van der Waals surface area contributed by atoms with E-state index in [9.17, 15) is 0 Å². The van der Waals surface area contributed by atoms with Crippen molar-refractivity contribution >= 4 is 27.1 Å². The minimum atomic E-state index is 0.578. The van der Waals surface area contributed by atoms with E-state index in [1.165, 1.54) is 10.9 Å². The third-order valence-corrected chi connectivity index (χ3v) is 4.28. The van der Waals surface area contributed by atoms with E-state index in [1.54, 1.807) is 11.3 Å². The molecule has 0 atom stereocenters. The van der Waals surface area contributed by atoms with E-state index in [1.807, 2.05) is 30.3 Å². The monoisotopic (exact) mass is 269 g/mol. The van der Waals surface area contributed by atoms with Crippen molar-refractivity contribution in [2.24, 2.45) is 0 Å². The van der Waals surface area contributed by atoms with Gasteiger partial charge in [-0.25, -0.2) is 0 Å². The summed E-state index contributed by atoms with van der Waals surface area (Å²) >= 11 is 1.67. The van der Waals surface area contributed by atoms with Gasteiger partial charge >= 0.3 is 0 Å². The quantitative estimate of drug-likeness (QED) is 0.716. The second kappa shape index (κ2) is 4.94. The number of nitrogen functional groups attached to an aromatic ring is 1. The molecule has 3 heteroatoms. The summed E-state index contributed by atoms with van der Waals surface area (Å²) in [5.74, 6) is 0.936. The maximum atomic E-state index is 5.97. The Labute approximate surface area is 116 Å². The minimum Gasteiger partial charge on any atom is -0.489 e. The van der Waals surface area contributed by atoms with Gasteiger partial charge < -0.3 is 10.5 Å². The highest BCUT2D eigenvalue weighted by Crippen LogP contribution is 2.31. The molecule has 0 spiro atoms. The maximum Gasteiger partial charge on any atom is 0.122 e. The highest BCUT2D eigenvalue weighted by molar-refractivity contribution is 7.18. The Hall–Kier alpha value is -2.00. The first-order chi connectivity index (χ1) is 9.25. The summed E-state index contributed by atoms with van der Waals surface area (Å²) in [6.07, 6.45) is 0. The molecule has 3 aromatic rings. The molecule has 1 heterocycles. The maximum absolute atomic E-state index is 5.97. The number of thiophene rings is 1. The van der Waals surface area contributed by atoms with Crippen molar-refractivity contribution in [1.82, 2.24) is 0 Å². The molecular weight excluding hydrogens is 254 g/mol. The molecule has 0 aliphatic carbocycles. The molecule has 0 saturated carbocycles. The molecule has 19 heavy (non-hydrogen) atoms. The van der Waals surface area contributed by atoms with Gasteiger partial charge in [-0.15, -0.1) is 11.3 Å². The lowest BCUT2D eigenvalue weighted by Gasteiger charge is -2.08. The van der Waals surface area contributed by atoms with E-state index in [0.29, 0.717) is 6.61 Å². The summed E-state index contributed by atoms with van der Waals surface area (Å²) in [5.41, 5.74) is 9.15. The van der Waals surface area contributed by atoms with Crippen molar-refractivity contribution in [3.8, 4) is 5.75 Å². The van der Waals surface area contributed by atoms with Gasteiger partial charge in [-0.05, 0) is 30.0 Å². The SMILES string of the molecule is Cc1ccccc1OCc1csc2c(N)cccc12. The average Bonchev–Trinajstić information content (AvgIpc) is 2.83. The van der Waals surface area contributed by atoms with Crippen molar-refractivity contribution in [2.45, 2.75) is 13.5 Å². The van der Waals surface area contributed by atoms with Gasteiger partial charge in [0, 0.05) is 16.6 Å². The van der Waals surface area contributed by atoms with Crippen LogP contribution in [0.2, 0.25) is 0 Å². The molecular formula is C16H15NOS. The molecule has 3 rings (SSSR count). The predicted molar refractivity (Wildman–Crippen MR) is 81.7 cm³/mol. The zero-order chi connectivity index (χ0) is 13.2. The molecule has 2 aromatic carbocycles. The first-order valence-corrected chi connectivity index (χ1v) is 7.06. The van der Waals surface area contributed by atoms with Crippen LogP contribution in [0, 0.1) is 6.92 Å². The fourth-order valence-electron chi connectivity index (χ4n) is 2.12. The number of benzene rings is 2. The van der Waals surface area contributed by atoms with E-state index >= 15 is 0 Å². The van der Waals surface area contributed by atoms with Gasteiger partial charge in [0.2, 0.25) is 0 Å². The highest BCUT2D eigenvalue weighted by atomic mass is 32.1. The van der Waals surface area contributed by atoms with Crippen LogP contribution < -0.4 is 10.5 Å². The Morgan fingerprint density at radius 3 is 2.79 bits per heavy atom. The van der Waals surface area contributed by atoms with Crippen molar-refractivity contribution in [1.29, 1.82) is 0 Å². The van der Waals surface area contributed by atoms with Crippen LogP contribution in [0.5, 0.6) is 5.75 Å². The molecule has 0 unspecified atom stereocenters. The van der Waals surface area contributed by atoms with Crippen molar-refractivity contribution in [2.75, 3.05) is 5.73 Å². The molecule has 0 radical (unpaired) electrons. The number of hydrogen-bond donors (Lipinski definition) is 1. The molecule has 2 nitrogen and oxygen atoms in total. The zero-order valence-electron chi connectivity index (χ0n) is 10.7. The van der Waals surface area contributed by atoms with Gasteiger partial charge in [0.1, 0.15) is 12.4 Å². The van der Waals surface area contributed by atoms with Crippen molar-refractivity contribution in [3.05, 3.63) is 59.0 Å². The zero-order valence-corrected chi connectivity index (χ0v) is 11.5. The summed E-state index contributed by atoms with van der Waals surface area (Å²) in [6, 6.07) is 14.1. The van der Waals surface area contributed by atoms with Crippen LogP contribution in [0.1, 0.15) is 11.1 Å². The van der Waals surface area contributed by atoms with E-state index in [-0.39, 0.29) is 0 Å². The van der Waals surface area contributed by atoms with Crippen LogP contribution in [0.4, 0.5) is 5.69 Å². The number of fused-ring (bicyclic) bond motifs is 1. The third kappa shape index (κ3) is 2.29. The van der Waals surface area contributed by atoms with E-state index in [2.05, 4.69) is 24.4 Å². The van der Waals surface area contributed by atoms with Crippen molar-refractivity contribution in [3.63, 3.8) is 0 Å². The topological polar surface area (TPSA) is 35.2 Å². The second-order valence-electron chi connectivity index (χ2n) is 4.54. The average molecular weight is 269 g/mol. The number of anilines is 1. The molecule has 0 aliphatic heterocycles. The summed E-state index contributed by atoms with van der Waals surface area (Å²) in [4.78, 5) is 0. The van der Waals surface area contributed by atoms with E-state index < -0.39 is 0 Å². The standard InChI is InChI=1S/C16H15NOS/c1-11-5-2-3-8-15(11)18-9-12-10-19-16-13(12)6-4-7-14(16)17/h2-8,10H,9,17H2,1H3. The first-order valence-electron chi connectivity index (χ1n) is 6.18. The number of hydrogen-bond acceptors (Lipinski definition) is 3. The molecule has 0 aliphatic rings. The number of nitrogens with two attached hydrogens (primary N) is 1. The summed E-state index contributed by atoms with van der Waals surface area (Å²) < 4.78 is 7.04. The Kier molecular flexibility index (Phi) is 3.13. The molecule has 96 valence electrons. The molecule has 0 fully saturated rings. The van der Waals surface area contributed by atoms with E-state index in [4.69, 9.17) is 10.5 Å². The van der Waals surface area contributed by atoms with Crippen LogP contribution in [-0.4, -0.2) is 0 Å². The van der Waals surface area contributed by atoms with Crippen LogP contribution in [0.3, 0.4) is 0 Å². The van der Waals surface area contributed by atoms with Gasteiger partial charge in [0.25, 0.3) is 0 Å². The van der Waals surface area contributed by atoms with Gasteiger partial charge in [0.15, 0.2) is 0 Å². The second-order valence-corrected chi connectivity index (χ2v) is 5.42. The predicted octanol–water partition coefficient (Wildman–Crippen LogP) is 4.37. The largest absolute Gasteiger partial charge is 0.489 e. The molecule has 0 saturated heterocycles. The van der Waals surface area contributed by atoms with Gasteiger partial charge in [-0.3, -0.25) is 0 Å². The number of rotatable bonds is 3. The van der Waals surface area contributed by atoms with Gasteiger partial charge in [0.05, 0.1) is 4.70 Å².